The first-order valence-electron chi connectivity index (χ1n) is 9.29. The molecule has 0 amide bonds. The maximum absolute atomic E-state index is 5.38. The minimum atomic E-state index is 0.702. The zero-order chi connectivity index (χ0) is 18.5. The largest absolute Gasteiger partial charge is 0.497 e. The number of hydrogen-bond donors (Lipinski definition) is 0. The van der Waals surface area contributed by atoms with Crippen LogP contribution in [-0.2, 0) is 6.42 Å². The van der Waals surface area contributed by atoms with Crippen molar-refractivity contribution >= 4 is 17.0 Å². The molecule has 1 saturated heterocycles. The molecule has 0 bridgehead atoms. The number of rotatable bonds is 7. The van der Waals surface area contributed by atoms with Crippen LogP contribution in [-0.4, -0.2) is 54.9 Å². The summed E-state index contributed by atoms with van der Waals surface area (Å²) in [6, 6.07) is 12.3. The maximum Gasteiger partial charge on any atom is 0.227 e. The van der Waals surface area contributed by atoms with Crippen LogP contribution in [0, 0.1) is 0 Å². The van der Waals surface area contributed by atoms with E-state index in [4.69, 9.17) is 9.26 Å². The molecule has 142 valence electrons. The van der Waals surface area contributed by atoms with E-state index in [-0.39, 0.29) is 0 Å². The first-order valence-corrected chi connectivity index (χ1v) is 10.2. The fourth-order valence-corrected chi connectivity index (χ4v) is 3.99. The zero-order valence-corrected chi connectivity index (χ0v) is 16.3. The molecular formula is C20H24N4O2S. The van der Waals surface area contributed by atoms with Crippen LogP contribution in [0.5, 0.6) is 5.75 Å². The SMILES string of the molecule is COc1ccc(N2CCN(CCCc3nc(-c4cccs4)no3)CC2)cc1. The number of piperazine rings is 1. The summed E-state index contributed by atoms with van der Waals surface area (Å²) in [7, 11) is 1.70. The molecule has 1 aliphatic heterocycles. The second-order valence-electron chi connectivity index (χ2n) is 6.62. The van der Waals surface area contributed by atoms with Crippen molar-refractivity contribution in [2.24, 2.45) is 0 Å². The number of anilines is 1. The summed E-state index contributed by atoms with van der Waals surface area (Å²) in [5.41, 5.74) is 1.27. The van der Waals surface area contributed by atoms with Crippen LogP contribution in [0.1, 0.15) is 12.3 Å². The highest BCUT2D eigenvalue weighted by molar-refractivity contribution is 7.13. The van der Waals surface area contributed by atoms with Crippen LogP contribution in [0.3, 0.4) is 0 Å². The van der Waals surface area contributed by atoms with Gasteiger partial charge in [-0.2, -0.15) is 4.98 Å². The van der Waals surface area contributed by atoms with Gasteiger partial charge in [-0.1, -0.05) is 11.2 Å². The fourth-order valence-electron chi connectivity index (χ4n) is 3.34. The maximum atomic E-state index is 5.38. The molecule has 6 nitrogen and oxygen atoms in total. The van der Waals surface area contributed by atoms with Gasteiger partial charge in [-0.05, 0) is 48.7 Å². The second kappa shape index (κ2) is 8.54. The van der Waals surface area contributed by atoms with Gasteiger partial charge in [0.25, 0.3) is 0 Å². The number of aryl methyl sites for hydroxylation is 1. The molecule has 27 heavy (non-hydrogen) atoms. The monoisotopic (exact) mass is 384 g/mol. The van der Waals surface area contributed by atoms with Crippen molar-refractivity contribution in [3.8, 4) is 16.5 Å². The smallest absolute Gasteiger partial charge is 0.227 e. The third-order valence-electron chi connectivity index (χ3n) is 4.88. The summed E-state index contributed by atoms with van der Waals surface area (Å²) in [6.45, 7) is 5.32. The minimum absolute atomic E-state index is 0.702. The van der Waals surface area contributed by atoms with Crippen molar-refractivity contribution in [2.75, 3.05) is 44.7 Å². The van der Waals surface area contributed by atoms with Crippen molar-refractivity contribution in [1.29, 1.82) is 0 Å². The molecule has 0 saturated carbocycles. The van der Waals surface area contributed by atoms with Crippen LogP contribution in [0.4, 0.5) is 5.69 Å². The van der Waals surface area contributed by atoms with Gasteiger partial charge in [0.2, 0.25) is 11.7 Å². The van der Waals surface area contributed by atoms with Gasteiger partial charge in [-0.3, -0.25) is 4.90 Å². The van der Waals surface area contributed by atoms with Gasteiger partial charge in [0.05, 0.1) is 12.0 Å². The predicted octanol–water partition coefficient (Wildman–Crippen LogP) is 3.56. The van der Waals surface area contributed by atoms with Crippen molar-refractivity contribution < 1.29 is 9.26 Å². The summed E-state index contributed by atoms with van der Waals surface area (Å²) in [5.74, 6) is 2.34. The minimum Gasteiger partial charge on any atom is -0.497 e. The van der Waals surface area contributed by atoms with E-state index < -0.39 is 0 Å². The number of benzene rings is 1. The summed E-state index contributed by atoms with van der Waals surface area (Å²) in [5, 5.41) is 6.10. The van der Waals surface area contributed by atoms with E-state index in [1.165, 1.54) is 5.69 Å². The van der Waals surface area contributed by atoms with Crippen LogP contribution in [0.25, 0.3) is 10.7 Å². The molecule has 1 fully saturated rings. The van der Waals surface area contributed by atoms with Gasteiger partial charge in [0, 0.05) is 38.3 Å². The molecule has 4 rings (SSSR count). The van der Waals surface area contributed by atoms with Crippen molar-refractivity contribution in [2.45, 2.75) is 12.8 Å². The molecule has 0 unspecified atom stereocenters. The fraction of sp³-hybridized carbons (Fsp3) is 0.400. The van der Waals surface area contributed by atoms with E-state index in [9.17, 15) is 0 Å². The van der Waals surface area contributed by atoms with Gasteiger partial charge in [0.1, 0.15) is 5.75 Å². The lowest BCUT2D eigenvalue weighted by molar-refractivity contribution is 0.251. The molecule has 0 radical (unpaired) electrons. The molecule has 1 aromatic carbocycles. The quantitative estimate of drug-likeness (QED) is 0.621. The van der Waals surface area contributed by atoms with Gasteiger partial charge < -0.3 is 14.2 Å². The highest BCUT2D eigenvalue weighted by Crippen LogP contribution is 2.22. The molecule has 7 heteroatoms. The Kier molecular flexibility index (Phi) is 5.69. The summed E-state index contributed by atoms with van der Waals surface area (Å²) in [6.07, 6.45) is 1.87. The third-order valence-corrected chi connectivity index (χ3v) is 5.75. The molecule has 0 aliphatic carbocycles. The number of ether oxygens (including phenoxy) is 1. The van der Waals surface area contributed by atoms with Crippen molar-refractivity contribution in [1.82, 2.24) is 15.0 Å². The molecule has 2 aromatic heterocycles. The Morgan fingerprint density at radius 2 is 1.93 bits per heavy atom. The Balaban J connectivity index is 1.20. The average molecular weight is 385 g/mol. The van der Waals surface area contributed by atoms with E-state index >= 15 is 0 Å². The van der Waals surface area contributed by atoms with Gasteiger partial charge in [-0.15, -0.1) is 11.3 Å². The highest BCUT2D eigenvalue weighted by Gasteiger charge is 2.17. The van der Waals surface area contributed by atoms with E-state index in [2.05, 4.69) is 32.1 Å². The summed E-state index contributed by atoms with van der Waals surface area (Å²) >= 11 is 1.63. The van der Waals surface area contributed by atoms with Crippen molar-refractivity contribution in [3.05, 3.63) is 47.7 Å². The van der Waals surface area contributed by atoms with Crippen LogP contribution >= 0.6 is 11.3 Å². The van der Waals surface area contributed by atoms with Gasteiger partial charge in [0.15, 0.2) is 0 Å². The van der Waals surface area contributed by atoms with Gasteiger partial charge in [-0.25, -0.2) is 0 Å². The number of nitrogens with zero attached hydrogens (tertiary/aromatic N) is 4. The zero-order valence-electron chi connectivity index (χ0n) is 15.5. The number of thiophene rings is 1. The topological polar surface area (TPSA) is 54.6 Å². The van der Waals surface area contributed by atoms with E-state index in [1.54, 1.807) is 18.4 Å². The molecule has 0 spiro atoms. The van der Waals surface area contributed by atoms with E-state index in [0.29, 0.717) is 5.82 Å². The lowest BCUT2D eigenvalue weighted by Crippen LogP contribution is -2.46. The Bertz CT molecular complexity index is 824. The number of aromatic nitrogens is 2. The average Bonchev–Trinajstić information content (AvgIpc) is 3.40. The normalized spacial score (nSPS) is 15.2. The first kappa shape index (κ1) is 18.0. The molecular weight excluding hydrogens is 360 g/mol. The third kappa shape index (κ3) is 4.48. The number of hydrogen-bond acceptors (Lipinski definition) is 7. The summed E-state index contributed by atoms with van der Waals surface area (Å²) in [4.78, 5) is 10.5. The molecule has 0 atom stereocenters. The molecule has 0 N–H and O–H groups in total. The molecule has 3 aromatic rings. The Morgan fingerprint density at radius 3 is 2.63 bits per heavy atom. The van der Waals surface area contributed by atoms with E-state index in [1.807, 2.05) is 29.6 Å². The van der Waals surface area contributed by atoms with Gasteiger partial charge >= 0.3 is 0 Å². The Labute approximate surface area is 163 Å². The van der Waals surface area contributed by atoms with Crippen molar-refractivity contribution in [3.63, 3.8) is 0 Å². The van der Waals surface area contributed by atoms with E-state index in [0.717, 1.165) is 62.1 Å². The highest BCUT2D eigenvalue weighted by atomic mass is 32.1. The Hall–Kier alpha value is -2.38. The van der Waals surface area contributed by atoms with Crippen LogP contribution in [0.2, 0.25) is 0 Å². The predicted molar refractivity (Wildman–Crippen MR) is 108 cm³/mol. The standard InChI is InChI=1S/C20H24N4O2S/c1-25-17-8-6-16(7-9-17)24-13-11-23(12-14-24)10-2-5-19-21-20(22-26-19)18-4-3-15-27-18/h3-4,6-9,15H,2,5,10-14H2,1H3. The van der Waals surface area contributed by atoms with Crippen LogP contribution in [0.15, 0.2) is 46.3 Å². The molecule has 1 aliphatic rings. The first-order chi connectivity index (χ1) is 13.3. The lowest BCUT2D eigenvalue weighted by Gasteiger charge is -2.36. The second-order valence-corrected chi connectivity index (χ2v) is 7.57. The van der Waals surface area contributed by atoms with Crippen LogP contribution < -0.4 is 9.64 Å². The lowest BCUT2D eigenvalue weighted by atomic mass is 10.2. The summed E-state index contributed by atoms with van der Waals surface area (Å²) < 4.78 is 10.6. The molecule has 3 heterocycles. The number of methoxy groups -OCH3 is 1. The Morgan fingerprint density at radius 1 is 1.11 bits per heavy atom.